The van der Waals surface area contributed by atoms with E-state index in [4.69, 9.17) is 16.3 Å². The monoisotopic (exact) mass is 410 g/mol. The van der Waals surface area contributed by atoms with E-state index in [0.717, 1.165) is 0 Å². The van der Waals surface area contributed by atoms with Gasteiger partial charge < -0.3 is 10.1 Å². The lowest BCUT2D eigenvalue weighted by molar-refractivity contribution is 0.102. The van der Waals surface area contributed by atoms with E-state index in [-0.39, 0.29) is 22.3 Å². The molecule has 2 aromatic heterocycles. The number of benzene rings is 2. The largest absolute Gasteiger partial charge is 0.497 e. The zero-order valence-corrected chi connectivity index (χ0v) is 16.4. The Kier molecular flexibility index (Phi) is 4.90. The molecule has 6 nitrogen and oxygen atoms in total. The van der Waals surface area contributed by atoms with Gasteiger partial charge in [0.15, 0.2) is 5.65 Å². The molecule has 29 heavy (non-hydrogen) atoms. The number of hydrogen-bond acceptors (Lipinski definition) is 4. The third-order valence-electron chi connectivity index (χ3n) is 4.47. The first kappa shape index (κ1) is 18.9. The van der Waals surface area contributed by atoms with Gasteiger partial charge in [0.2, 0.25) is 0 Å². The highest BCUT2D eigenvalue weighted by molar-refractivity contribution is 6.39. The van der Waals surface area contributed by atoms with E-state index >= 15 is 0 Å². The van der Waals surface area contributed by atoms with Crippen molar-refractivity contribution in [2.45, 2.75) is 6.92 Å². The van der Waals surface area contributed by atoms with E-state index in [2.05, 4.69) is 15.4 Å². The Labute approximate surface area is 170 Å². The maximum absolute atomic E-state index is 13.2. The first-order valence-electron chi connectivity index (χ1n) is 8.73. The van der Waals surface area contributed by atoms with E-state index in [0.29, 0.717) is 33.9 Å². The summed E-state index contributed by atoms with van der Waals surface area (Å²) in [5.74, 6) is -0.0399. The van der Waals surface area contributed by atoms with Gasteiger partial charge in [0.1, 0.15) is 11.6 Å². The Hall–Kier alpha value is -3.45. The van der Waals surface area contributed by atoms with E-state index in [9.17, 15) is 9.18 Å². The van der Waals surface area contributed by atoms with E-state index in [1.54, 1.807) is 55.1 Å². The van der Waals surface area contributed by atoms with Crippen molar-refractivity contribution in [1.29, 1.82) is 0 Å². The molecule has 0 bridgehead atoms. The third-order valence-corrected chi connectivity index (χ3v) is 4.86. The molecule has 0 radical (unpaired) electrons. The average molecular weight is 411 g/mol. The molecular formula is C21H16ClFN4O2. The molecule has 0 saturated carbocycles. The summed E-state index contributed by atoms with van der Waals surface area (Å²) >= 11 is 6.55. The van der Waals surface area contributed by atoms with Crippen LogP contribution >= 0.6 is 11.6 Å². The summed E-state index contributed by atoms with van der Waals surface area (Å²) in [4.78, 5) is 17.1. The van der Waals surface area contributed by atoms with Crippen molar-refractivity contribution in [3.63, 3.8) is 0 Å². The number of amides is 1. The van der Waals surface area contributed by atoms with Crippen molar-refractivity contribution >= 4 is 34.2 Å². The number of nitrogens with one attached hydrogen (secondary N) is 1. The summed E-state index contributed by atoms with van der Waals surface area (Å²) in [7, 11) is 1.57. The molecule has 146 valence electrons. The lowest BCUT2D eigenvalue weighted by Crippen LogP contribution is -2.13. The van der Waals surface area contributed by atoms with Crippen LogP contribution in [0.1, 0.15) is 16.1 Å². The van der Waals surface area contributed by atoms with E-state index in [1.165, 1.54) is 18.3 Å². The molecule has 0 fully saturated rings. The fourth-order valence-electron chi connectivity index (χ4n) is 3.00. The van der Waals surface area contributed by atoms with Gasteiger partial charge in [-0.1, -0.05) is 11.6 Å². The second kappa shape index (κ2) is 7.52. The molecule has 4 rings (SSSR count). The Morgan fingerprint density at radius 2 is 1.83 bits per heavy atom. The maximum Gasteiger partial charge on any atom is 0.258 e. The van der Waals surface area contributed by atoms with Crippen LogP contribution in [0.2, 0.25) is 5.02 Å². The molecule has 0 aliphatic carbocycles. The minimum Gasteiger partial charge on any atom is -0.497 e. The van der Waals surface area contributed by atoms with Gasteiger partial charge in [-0.2, -0.15) is 5.10 Å². The van der Waals surface area contributed by atoms with E-state index in [1.807, 2.05) is 0 Å². The number of aryl methyl sites for hydroxylation is 1. The van der Waals surface area contributed by atoms with Crippen LogP contribution in [0.15, 0.2) is 54.7 Å². The van der Waals surface area contributed by atoms with Gasteiger partial charge in [0, 0.05) is 11.9 Å². The summed E-state index contributed by atoms with van der Waals surface area (Å²) in [6, 6.07) is 12.8. The molecule has 8 heteroatoms. The Bertz CT molecular complexity index is 1200. The zero-order chi connectivity index (χ0) is 20.5. The van der Waals surface area contributed by atoms with Crippen molar-refractivity contribution < 1.29 is 13.9 Å². The number of nitrogens with zero attached hydrogens (tertiary/aromatic N) is 3. The first-order chi connectivity index (χ1) is 14.0. The molecule has 0 aliphatic heterocycles. The highest BCUT2D eigenvalue weighted by Gasteiger charge is 2.20. The smallest absolute Gasteiger partial charge is 0.258 e. The number of carbonyl (C=O) groups excluding carboxylic acids is 1. The van der Waals surface area contributed by atoms with Gasteiger partial charge in [-0.3, -0.25) is 4.79 Å². The molecular weight excluding hydrogens is 395 g/mol. The van der Waals surface area contributed by atoms with Crippen molar-refractivity contribution in [2.24, 2.45) is 0 Å². The Morgan fingerprint density at radius 1 is 1.14 bits per heavy atom. The molecule has 2 heterocycles. The van der Waals surface area contributed by atoms with Gasteiger partial charge in [0.25, 0.3) is 5.91 Å². The number of rotatable bonds is 4. The van der Waals surface area contributed by atoms with Crippen molar-refractivity contribution in [3.05, 3.63) is 76.8 Å². The minimum atomic E-state index is -0.386. The summed E-state index contributed by atoms with van der Waals surface area (Å²) in [6.45, 7) is 1.78. The average Bonchev–Trinajstić information content (AvgIpc) is 3.06. The molecule has 0 aliphatic rings. The number of pyridine rings is 1. The number of ether oxygens (including phenoxy) is 1. The van der Waals surface area contributed by atoms with Crippen LogP contribution in [-0.2, 0) is 0 Å². The summed E-state index contributed by atoms with van der Waals surface area (Å²) in [5, 5.41) is 8.07. The zero-order valence-electron chi connectivity index (χ0n) is 15.6. The predicted octanol–water partition coefficient (Wildman–Crippen LogP) is 4.78. The van der Waals surface area contributed by atoms with Crippen LogP contribution in [0.4, 0.5) is 10.1 Å². The van der Waals surface area contributed by atoms with Gasteiger partial charge in [-0.25, -0.2) is 14.1 Å². The van der Waals surface area contributed by atoms with Gasteiger partial charge in [-0.15, -0.1) is 0 Å². The molecule has 0 unspecified atom stereocenters. The summed E-state index contributed by atoms with van der Waals surface area (Å²) in [5.41, 5.74) is 2.58. The van der Waals surface area contributed by atoms with Crippen LogP contribution in [0, 0.1) is 12.7 Å². The van der Waals surface area contributed by atoms with Crippen LogP contribution in [-0.4, -0.2) is 27.8 Å². The normalized spacial score (nSPS) is 10.9. The maximum atomic E-state index is 13.2. The highest BCUT2D eigenvalue weighted by Crippen LogP contribution is 2.30. The number of halogens is 2. The fourth-order valence-corrected chi connectivity index (χ4v) is 3.36. The van der Waals surface area contributed by atoms with Crippen LogP contribution in [0.3, 0.4) is 0 Å². The lowest BCUT2D eigenvalue weighted by atomic mass is 10.2. The predicted molar refractivity (Wildman–Crippen MR) is 110 cm³/mol. The van der Waals surface area contributed by atoms with Crippen LogP contribution < -0.4 is 10.1 Å². The van der Waals surface area contributed by atoms with Crippen LogP contribution in [0.5, 0.6) is 5.75 Å². The summed E-state index contributed by atoms with van der Waals surface area (Å²) < 4.78 is 19.9. The second-order valence-electron chi connectivity index (χ2n) is 6.34. The molecule has 2 aromatic carbocycles. The molecule has 1 N–H and O–H groups in total. The fraction of sp³-hybridized carbons (Fsp3) is 0.0952. The molecule has 1 amide bonds. The third kappa shape index (κ3) is 3.52. The number of hydrogen-bond donors (Lipinski definition) is 1. The number of fused-ring (bicyclic) bond motifs is 1. The standard InChI is InChI=1S/C21H16ClFN4O2/c1-12-18-19(22)17(21(28)25-14-5-9-16(29-2)10-6-14)11-24-20(18)27(26-12)15-7-3-13(23)4-8-15/h3-11H,1-2H3,(H,25,28). The SMILES string of the molecule is COc1ccc(NC(=O)c2cnc3c(c(C)nn3-c3ccc(F)cc3)c2Cl)cc1. The lowest BCUT2D eigenvalue weighted by Gasteiger charge is -2.09. The van der Waals surface area contributed by atoms with Gasteiger partial charge in [-0.05, 0) is 55.5 Å². The number of anilines is 1. The first-order valence-corrected chi connectivity index (χ1v) is 9.11. The van der Waals surface area contributed by atoms with Gasteiger partial charge >= 0.3 is 0 Å². The summed E-state index contributed by atoms with van der Waals surface area (Å²) in [6.07, 6.45) is 1.41. The Morgan fingerprint density at radius 3 is 2.48 bits per heavy atom. The molecule has 0 saturated heterocycles. The van der Waals surface area contributed by atoms with Crippen molar-refractivity contribution in [2.75, 3.05) is 12.4 Å². The molecule has 0 spiro atoms. The Balaban J connectivity index is 1.71. The quantitative estimate of drug-likeness (QED) is 0.525. The molecule has 0 atom stereocenters. The van der Waals surface area contributed by atoms with Crippen molar-refractivity contribution in [3.8, 4) is 11.4 Å². The van der Waals surface area contributed by atoms with Gasteiger partial charge in [0.05, 0.1) is 34.5 Å². The number of methoxy groups -OCH3 is 1. The van der Waals surface area contributed by atoms with E-state index < -0.39 is 0 Å². The minimum absolute atomic E-state index is 0.233. The second-order valence-corrected chi connectivity index (χ2v) is 6.72. The van der Waals surface area contributed by atoms with Crippen LogP contribution in [0.25, 0.3) is 16.7 Å². The van der Waals surface area contributed by atoms with Crippen molar-refractivity contribution in [1.82, 2.24) is 14.8 Å². The topological polar surface area (TPSA) is 69.0 Å². The number of carbonyl (C=O) groups is 1. The highest BCUT2D eigenvalue weighted by atomic mass is 35.5. The number of aromatic nitrogens is 3. The molecule has 4 aromatic rings.